The highest BCUT2D eigenvalue weighted by molar-refractivity contribution is 5.62. The molecule has 0 aliphatic carbocycles. The molecule has 0 unspecified atom stereocenters. The number of benzene rings is 2. The fourth-order valence-electron chi connectivity index (χ4n) is 2.48. The molecule has 0 amide bonds. The van der Waals surface area contributed by atoms with Crippen LogP contribution in [0.5, 0.6) is 0 Å². The maximum atomic E-state index is 12.8. The second-order valence-corrected chi connectivity index (χ2v) is 5.91. The Hall–Kier alpha value is -3.09. The minimum atomic E-state index is -4.40. The maximum Gasteiger partial charge on any atom is 0.416 e. The number of nitrogens with zero attached hydrogens (tertiary/aromatic N) is 2. The lowest BCUT2D eigenvalue weighted by molar-refractivity contribution is -0.137. The van der Waals surface area contributed by atoms with Crippen LogP contribution < -0.4 is 10.6 Å². The van der Waals surface area contributed by atoms with Gasteiger partial charge in [0.1, 0.15) is 5.82 Å². The quantitative estimate of drug-likeness (QED) is 0.637. The van der Waals surface area contributed by atoms with E-state index in [-0.39, 0.29) is 11.6 Å². The first kappa shape index (κ1) is 17.7. The average molecular weight is 358 g/mol. The molecule has 1 heterocycles. The van der Waals surface area contributed by atoms with Crippen molar-refractivity contribution in [2.45, 2.75) is 20.0 Å². The lowest BCUT2D eigenvalue weighted by Gasteiger charge is -2.12. The van der Waals surface area contributed by atoms with Crippen molar-refractivity contribution in [1.29, 1.82) is 0 Å². The van der Waals surface area contributed by atoms with Crippen molar-refractivity contribution in [3.63, 3.8) is 0 Å². The van der Waals surface area contributed by atoms with Crippen molar-refractivity contribution in [3.8, 4) is 0 Å². The summed E-state index contributed by atoms with van der Waals surface area (Å²) >= 11 is 0. The van der Waals surface area contributed by atoms with Crippen molar-refractivity contribution >= 4 is 23.1 Å². The molecule has 0 fully saturated rings. The molecule has 134 valence electrons. The third kappa shape index (κ3) is 4.30. The summed E-state index contributed by atoms with van der Waals surface area (Å²) in [4.78, 5) is 8.37. The summed E-state index contributed by atoms with van der Waals surface area (Å²) in [7, 11) is 0. The van der Waals surface area contributed by atoms with Crippen LogP contribution >= 0.6 is 0 Å². The van der Waals surface area contributed by atoms with Crippen LogP contribution in [0.3, 0.4) is 0 Å². The van der Waals surface area contributed by atoms with E-state index in [1.54, 1.807) is 6.07 Å². The van der Waals surface area contributed by atoms with E-state index in [1.165, 1.54) is 18.3 Å². The molecule has 0 radical (unpaired) electrons. The van der Waals surface area contributed by atoms with Gasteiger partial charge >= 0.3 is 6.18 Å². The highest BCUT2D eigenvalue weighted by Gasteiger charge is 2.30. The number of anilines is 4. The zero-order valence-electron chi connectivity index (χ0n) is 14.2. The van der Waals surface area contributed by atoms with Gasteiger partial charge in [0.05, 0.1) is 5.56 Å². The van der Waals surface area contributed by atoms with E-state index in [4.69, 9.17) is 0 Å². The predicted octanol–water partition coefficient (Wildman–Crippen LogP) is 5.60. The zero-order valence-corrected chi connectivity index (χ0v) is 14.2. The van der Waals surface area contributed by atoms with Crippen molar-refractivity contribution in [2.75, 3.05) is 10.6 Å². The molecule has 26 heavy (non-hydrogen) atoms. The molecule has 1 aromatic heterocycles. The van der Waals surface area contributed by atoms with Crippen molar-refractivity contribution in [2.24, 2.45) is 0 Å². The van der Waals surface area contributed by atoms with Gasteiger partial charge in [-0.15, -0.1) is 0 Å². The lowest BCUT2D eigenvalue weighted by atomic mass is 10.1. The van der Waals surface area contributed by atoms with E-state index in [0.29, 0.717) is 5.82 Å². The summed E-state index contributed by atoms with van der Waals surface area (Å²) in [5.41, 5.74) is 2.66. The summed E-state index contributed by atoms with van der Waals surface area (Å²) in [6.45, 7) is 4.00. The number of nitrogens with one attached hydrogen (secondary N) is 2. The molecule has 3 rings (SSSR count). The molecule has 3 aromatic rings. The predicted molar refractivity (Wildman–Crippen MR) is 96.0 cm³/mol. The third-order valence-electron chi connectivity index (χ3n) is 3.75. The smallest absolute Gasteiger partial charge is 0.340 e. The summed E-state index contributed by atoms with van der Waals surface area (Å²) in [5.74, 6) is 0.750. The van der Waals surface area contributed by atoms with E-state index in [0.717, 1.165) is 28.9 Å². The minimum absolute atomic E-state index is 0.207. The highest BCUT2D eigenvalue weighted by atomic mass is 19.4. The minimum Gasteiger partial charge on any atom is -0.340 e. The third-order valence-corrected chi connectivity index (χ3v) is 3.75. The molecule has 4 nitrogen and oxygen atoms in total. The molecule has 2 N–H and O–H groups in total. The zero-order chi connectivity index (χ0) is 18.7. The molecule has 0 aliphatic heterocycles. The maximum absolute atomic E-state index is 12.8. The first-order chi connectivity index (χ1) is 12.3. The molecule has 0 saturated heterocycles. The molecule has 7 heteroatoms. The van der Waals surface area contributed by atoms with Gasteiger partial charge in [-0.05, 0) is 49.7 Å². The Bertz CT molecular complexity index is 923. The average Bonchev–Trinajstić information content (AvgIpc) is 2.57. The summed E-state index contributed by atoms with van der Waals surface area (Å²) < 4.78 is 38.4. The lowest BCUT2D eigenvalue weighted by Crippen LogP contribution is -2.06. The van der Waals surface area contributed by atoms with Gasteiger partial charge in [0.15, 0.2) is 0 Å². The Morgan fingerprint density at radius 3 is 2.46 bits per heavy atom. The Morgan fingerprint density at radius 1 is 0.923 bits per heavy atom. The van der Waals surface area contributed by atoms with Crippen molar-refractivity contribution in [1.82, 2.24) is 9.97 Å². The van der Waals surface area contributed by atoms with Crippen LogP contribution in [-0.4, -0.2) is 9.97 Å². The normalized spacial score (nSPS) is 11.3. The van der Waals surface area contributed by atoms with Gasteiger partial charge < -0.3 is 10.6 Å². The first-order valence-electron chi connectivity index (χ1n) is 7.93. The van der Waals surface area contributed by atoms with Crippen LogP contribution in [0.25, 0.3) is 0 Å². The van der Waals surface area contributed by atoms with E-state index in [1.807, 2.05) is 32.0 Å². The Morgan fingerprint density at radius 2 is 1.73 bits per heavy atom. The molecular weight excluding hydrogens is 341 g/mol. The molecule has 0 atom stereocenters. The number of hydrogen-bond acceptors (Lipinski definition) is 4. The van der Waals surface area contributed by atoms with E-state index in [9.17, 15) is 13.2 Å². The number of aryl methyl sites for hydroxylation is 2. The van der Waals surface area contributed by atoms with E-state index < -0.39 is 11.7 Å². The van der Waals surface area contributed by atoms with Crippen LogP contribution in [0.15, 0.2) is 54.7 Å². The van der Waals surface area contributed by atoms with Gasteiger partial charge in [0, 0.05) is 17.6 Å². The summed E-state index contributed by atoms with van der Waals surface area (Å²) in [6, 6.07) is 12.6. The second kappa shape index (κ2) is 7.03. The standard InChI is InChI=1S/C19H17F3N4/c1-12-6-7-16(13(2)10-12)25-17-8-9-23-18(26-17)24-15-5-3-4-14(11-15)19(20,21)22/h3-11H,1-2H3,(H2,23,24,25,26). The van der Waals surface area contributed by atoms with Crippen LogP contribution in [0.1, 0.15) is 16.7 Å². The fraction of sp³-hybridized carbons (Fsp3) is 0.158. The summed E-state index contributed by atoms with van der Waals surface area (Å²) in [5, 5.41) is 5.99. The number of halogens is 3. The van der Waals surface area contributed by atoms with Gasteiger partial charge in [-0.2, -0.15) is 18.2 Å². The second-order valence-electron chi connectivity index (χ2n) is 5.91. The molecule has 0 spiro atoms. The van der Waals surface area contributed by atoms with Gasteiger partial charge in [0.2, 0.25) is 5.95 Å². The molecule has 0 aliphatic rings. The Labute approximate surface area is 149 Å². The van der Waals surface area contributed by atoms with Crippen LogP contribution in [-0.2, 0) is 6.18 Å². The molecule has 0 bridgehead atoms. The highest BCUT2D eigenvalue weighted by Crippen LogP contribution is 2.31. The topological polar surface area (TPSA) is 49.8 Å². The van der Waals surface area contributed by atoms with Gasteiger partial charge in [-0.3, -0.25) is 0 Å². The van der Waals surface area contributed by atoms with Crippen molar-refractivity contribution in [3.05, 3.63) is 71.4 Å². The Balaban J connectivity index is 1.79. The number of aromatic nitrogens is 2. The largest absolute Gasteiger partial charge is 0.416 e. The number of alkyl halides is 3. The Kier molecular flexibility index (Phi) is 4.79. The monoisotopic (exact) mass is 358 g/mol. The van der Waals surface area contributed by atoms with Gasteiger partial charge in [-0.1, -0.05) is 23.8 Å². The molecular formula is C19H17F3N4. The fourth-order valence-corrected chi connectivity index (χ4v) is 2.48. The molecule has 0 saturated carbocycles. The van der Waals surface area contributed by atoms with Crippen LogP contribution in [0.2, 0.25) is 0 Å². The van der Waals surface area contributed by atoms with Gasteiger partial charge in [0.25, 0.3) is 0 Å². The van der Waals surface area contributed by atoms with Crippen molar-refractivity contribution < 1.29 is 13.2 Å². The number of rotatable bonds is 4. The van der Waals surface area contributed by atoms with E-state index in [2.05, 4.69) is 20.6 Å². The van der Waals surface area contributed by atoms with E-state index >= 15 is 0 Å². The van der Waals surface area contributed by atoms with Gasteiger partial charge in [-0.25, -0.2) is 4.98 Å². The summed E-state index contributed by atoms with van der Waals surface area (Å²) in [6.07, 6.45) is -2.86. The SMILES string of the molecule is Cc1ccc(Nc2ccnc(Nc3cccc(C(F)(F)F)c3)n2)c(C)c1. The first-order valence-corrected chi connectivity index (χ1v) is 7.93. The number of hydrogen-bond donors (Lipinski definition) is 2. The van der Waals surface area contributed by atoms with Crippen LogP contribution in [0.4, 0.5) is 36.3 Å². The molecule has 2 aromatic carbocycles. The van der Waals surface area contributed by atoms with Crippen LogP contribution in [0, 0.1) is 13.8 Å².